The van der Waals surface area contributed by atoms with Gasteiger partial charge in [-0.25, -0.2) is 15.0 Å². The van der Waals surface area contributed by atoms with Crippen LogP contribution in [0.15, 0.2) is 12.7 Å². The molecule has 0 bridgehead atoms. The van der Waals surface area contributed by atoms with Crippen molar-refractivity contribution in [3.63, 3.8) is 0 Å². The Bertz CT molecular complexity index is 949. The Balaban J connectivity index is 1.40. The molecule has 0 saturated carbocycles. The molecule has 0 spiro atoms. The Morgan fingerprint density at radius 2 is 1.71 bits per heavy atom. The van der Waals surface area contributed by atoms with Crippen LogP contribution in [0.4, 0.5) is 5.82 Å². The first kappa shape index (κ1) is 24.6. The summed E-state index contributed by atoms with van der Waals surface area (Å²) in [6.45, 7) is 5.48. The van der Waals surface area contributed by atoms with Crippen molar-refractivity contribution in [2.75, 3.05) is 58.1 Å². The maximum Gasteiger partial charge on any atom is 0.255 e. The molecule has 0 aliphatic carbocycles. The van der Waals surface area contributed by atoms with Gasteiger partial charge in [0, 0.05) is 52.4 Å². The van der Waals surface area contributed by atoms with E-state index in [4.69, 9.17) is 10.5 Å². The lowest BCUT2D eigenvalue weighted by Gasteiger charge is -2.29. The number of anilines is 1. The Morgan fingerprint density at radius 3 is 2.38 bits per heavy atom. The third-order valence-electron chi connectivity index (χ3n) is 5.88. The number of nitrogens with two attached hydrogens (primary N) is 1. The van der Waals surface area contributed by atoms with E-state index in [1.165, 1.54) is 17.2 Å². The van der Waals surface area contributed by atoms with Crippen molar-refractivity contribution in [3.8, 4) is 0 Å². The van der Waals surface area contributed by atoms with Crippen molar-refractivity contribution in [1.29, 1.82) is 0 Å². The topological polar surface area (TPSA) is 208 Å². The number of nitrogen functional groups attached to an aromatic ring is 1. The highest BCUT2D eigenvalue weighted by atomic mass is 16.6. The number of amides is 1. The summed E-state index contributed by atoms with van der Waals surface area (Å²) in [6, 6.07) is 0. The van der Waals surface area contributed by atoms with Crippen LogP contribution < -0.4 is 27.0 Å². The number of carbonyl (C=O) groups excluding carboxylic acids is 1. The highest BCUT2D eigenvalue weighted by molar-refractivity contribution is 5.83. The Morgan fingerprint density at radius 1 is 1.06 bits per heavy atom. The minimum atomic E-state index is -1.53. The third-order valence-corrected chi connectivity index (χ3v) is 5.88. The fourth-order valence-electron chi connectivity index (χ4n) is 3.99. The van der Waals surface area contributed by atoms with Crippen LogP contribution in [0, 0.1) is 0 Å². The van der Waals surface area contributed by atoms with Gasteiger partial charge in [-0.1, -0.05) is 0 Å². The number of carbonyl (C=O) groups is 1. The van der Waals surface area contributed by atoms with Gasteiger partial charge in [0.25, 0.3) is 5.91 Å². The molecule has 4 rings (SSSR count). The number of ether oxygens (including phenoxy) is 1. The van der Waals surface area contributed by atoms with E-state index in [0.717, 1.165) is 26.2 Å². The SMILES string of the molecule is Nc1ncnc2c1ncn2[C@@H]1O[C@H](C(=O)NC(O)N2CCNCCNCCNCC2)[C@@H](O)[C@H]1O. The molecular formula is C19H32N10O5. The molecule has 1 amide bonds. The Hall–Kier alpha value is -2.50. The maximum absolute atomic E-state index is 12.9. The van der Waals surface area contributed by atoms with Gasteiger partial charge in [-0.15, -0.1) is 0 Å². The number of aromatic nitrogens is 4. The predicted octanol–water partition coefficient (Wildman–Crippen LogP) is -4.50. The van der Waals surface area contributed by atoms with E-state index in [1.807, 2.05) is 0 Å². The fourth-order valence-corrected chi connectivity index (χ4v) is 3.99. The zero-order valence-electron chi connectivity index (χ0n) is 18.7. The molecule has 2 fully saturated rings. The normalized spacial score (nSPS) is 28.8. The molecular weight excluding hydrogens is 448 g/mol. The van der Waals surface area contributed by atoms with Crippen LogP contribution in [0.5, 0.6) is 0 Å². The van der Waals surface area contributed by atoms with Gasteiger partial charge in [0.1, 0.15) is 24.1 Å². The lowest BCUT2D eigenvalue weighted by atomic mass is 10.1. The number of hydrogen-bond donors (Lipinski definition) is 8. The lowest BCUT2D eigenvalue weighted by Crippen LogP contribution is -2.55. The van der Waals surface area contributed by atoms with E-state index in [2.05, 4.69) is 36.2 Å². The number of rotatable bonds is 4. The summed E-state index contributed by atoms with van der Waals surface area (Å²) in [4.78, 5) is 26.6. The van der Waals surface area contributed by atoms with Crippen molar-refractivity contribution in [2.45, 2.75) is 30.9 Å². The van der Waals surface area contributed by atoms with Crippen LogP contribution in [-0.4, -0.2) is 123 Å². The van der Waals surface area contributed by atoms with E-state index < -0.39 is 36.8 Å². The second kappa shape index (κ2) is 11.3. The van der Waals surface area contributed by atoms with E-state index in [9.17, 15) is 20.1 Å². The van der Waals surface area contributed by atoms with Crippen molar-refractivity contribution < 1.29 is 24.9 Å². The molecule has 2 aromatic heterocycles. The fraction of sp³-hybridized carbons (Fsp3) is 0.684. The monoisotopic (exact) mass is 480 g/mol. The van der Waals surface area contributed by atoms with Crippen LogP contribution in [0.25, 0.3) is 11.2 Å². The first-order chi connectivity index (χ1) is 16.5. The van der Waals surface area contributed by atoms with Crippen molar-refractivity contribution >= 4 is 22.9 Å². The Labute approximate surface area is 195 Å². The van der Waals surface area contributed by atoms with Gasteiger partial charge in [-0.2, -0.15) is 0 Å². The number of imidazole rings is 1. The lowest BCUT2D eigenvalue weighted by molar-refractivity contribution is -0.145. The van der Waals surface area contributed by atoms with Gasteiger partial charge in [-0.3, -0.25) is 14.3 Å². The van der Waals surface area contributed by atoms with Crippen molar-refractivity contribution in [3.05, 3.63) is 12.7 Å². The maximum atomic E-state index is 12.9. The summed E-state index contributed by atoms with van der Waals surface area (Å²) < 4.78 is 7.07. The molecule has 9 N–H and O–H groups in total. The van der Waals surface area contributed by atoms with Crippen LogP contribution >= 0.6 is 0 Å². The summed E-state index contributed by atoms with van der Waals surface area (Å²) >= 11 is 0. The number of aliphatic hydroxyl groups is 3. The second-order valence-corrected chi connectivity index (χ2v) is 8.18. The number of nitrogens with one attached hydrogen (secondary N) is 4. The standard InChI is InChI=1S/C19H32N10O5/c20-15-11-16(25-9-24-15)29(10-26-11)18-13(31)12(30)14(34-18)17(32)27-19(33)28-7-5-22-3-1-21-2-4-23-6-8-28/h9-10,12-14,18-19,21-23,30-31,33H,1-8H2,(H,27,32)(H2,20,24,25)/t12-,13+,14-,18+,19?/m0/s1. The molecule has 5 atom stereocenters. The summed E-state index contributed by atoms with van der Waals surface area (Å²) in [5.41, 5.74) is 6.40. The Kier molecular flexibility index (Phi) is 8.17. The second-order valence-electron chi connectivity index (χ2n) is 8.18. The first-order valence-electron chi connectivity index (χ1n) is 11.3. The van der Waals surface area contributed by atoms with Crippen LogP contribution in [0.2, 0.25) is 0 Å². The zero-order chi connectivity index (χ0) is 24.1. The molecule has 2 saturated heterocycles. The molecule has 0 radical (unpaired) electrons. The van der Waals surface area contributed by atoms with E-state index in [-0.39, 0.29) is 5.82 Å². The van der Waals surface area contributed by atoms with Gasteiger partial charge in [0.05, 0.1) is 6.33 Å². The van der Waals surface area contributed by atoms with Gasteiger partial charge in [0.15, 0.2) is 30.1 Å². The van der Waals surface area contributed by atoms with Gasteiger partial charge in [-0.05, 0) is 0 Å². The molecule has 34 heavy (non-hydrogen) atoms. The van der Waals surface area contributed by atoms with Gasteiger partial charge in [0.2, 0.25) is 0 Å². The van der Waals surface area contributed by atoms with Crippen LogP contribution in [-0.2, 0) is 9.53 Å². The van der Waals surface area contributed by atoms with E-state index in [0.29, 0.717) is 37.3 Å². The highest BCUT2D eigenvalue weighted by Gasteiger charge is 2.48. The van der Waals surface area contributed by atoms with Crippen molar-refractivity contribution in [2.24, 2.45) is 0 Å². The molecule has 4 heterocycles. The summed E-state index contributed by atoms with van der Waals surface area (Å²) in [6.07, 6.45) is -4.23. The van der Waals surface area contributed by atoms with E-state index >= 15 is 0 Å². The minimum absolute atomic E-state index is 0.153. The molecule has 1 unspecified atom stereocenters. The predicted molar refractivity (Wildman–Crippen MR) is 120 cm³/mol. The quantitative estimate of drug-likeness (QED) is 0.194. The van der Waals surface area contributed by atoms with Gasteiger partial charge >= 0.3 is 0 Å². The van der Waals surface area contributed by atoms with Gasteiger partial charge < -0.3 is 47.1 Å². The molecule has 15 nitrogen and oxygen atoms in total. The summed E-state index contributed by atoms with van der Waals surface area (Å²) in [5.74, 6) is -0.600. The third kappa shape index (κ3) is 5.42. The van der Waals surface area contributed by atoms with Crippen molar-refractivity contribution in [1.82, 2.24) is 45.7 Å². The number of aliphatic hydroxyl groups excluding tert-OH is 3. The molecule has 2 aliphatic heterocycles. The molecule has 2 aliphatic rings. The molecule has 188 valence electrons. The molecule has 15 heteroatoms. The molecule has 2 aromatic rings. The average Bonchev–Trinajstić information content (AvgIpc) is 3.36. The highest BCUT2D eigenvalue weighted by Crippen LogP contribution is 2.32. The number of fused-ring (bicyclic) bond motifs is 1. The number of nitrogens with zero attached hydrogens (tertiary/aromatic N) is 5. The van der Waals surface area contributed by atoms with E-state index in [1.54, 1.807) is 4.90 Å². The number of hydrogen-bond acceptors (Lipinski definition) is 13. The summed E-state index contributed by atoms with van der Waals surface area (Å²) in [5, 5.41) is 44.1. The van der Waals surface area contributed by atoms with Crippen LogP contribution in [0.1, 0.15) is 6.23 Å². The zero-order valence-corrected chi connectivity index (χ0v) is 18.7. The minimum Gasteiger partial charge on any atom is -0.387 e. The average molecular weight is 481 g/mol. The largest absolute Gasteiger partial charge is 0.387 e. The first-order valence-corrected chi connectivity index (χ1v) is 11.3. The smallest absolute Gasteiger partial charge is 0.255 e. The summed E-state index contributed by atoms with van der Waals surface area (Å²) in [7, 11) is 0. The van der Waals surface area contributed by atoms with Crippen LogP contribution in [0.3, 0.4) is 0 Å². The molecule has 0 aromatic carbocycles.